The number of hydrogen-bond acceptors (Lipinski definition) is 4. The van der Waals surface area contributed by atoms with Crippen molar-refractivity contribution in [2.75, 3.05) is 6.61 Å². The molecule has 1 aromatic carbocycles. The van der Waals surface area contributed by atoms with E-state index in [-0.39, 0.29) is 11.9 Å². The molecule has 2 rings (SSSR count). The van der Waals surface area contributed by atoms with E-state index in [9.17, 15) is 9.59 Å². The number of ether oxygens (including phenoxy) is 2. The van der Waals surface area contributed by atoms with Gasteiger partial charge in [0.2, 0.25) is 0 Å². The van der Waals surface area contributed by atoms with Gasteiger partial charge < -0.3 is 14.3 Å². The summed E-state index contributed by atoms with van der Waals surface area (Å²) in [4.78, 5) is 23.7. The second-order valence-electron chi connectivity index (χ2n) is 8.36. The second kappa shape index (κ2) is 8.87. The fourth-order valence-electron chi connectivity index (χ4n) is 3.33. The number of benzene rings is 1. The molecule has 0 bridgehead atoms. The van der Waals surface area contributed by atoms with Crippen LogP contribution in [0.25, 0.3) is 6.08 Å². The Morgan fingerprint density at radius 2 is 1.96 bits per heavy atom. The van der Waals surface area contributed by atoms with Gasteiger partial charge in [-0.05, 0) is 36.9 Å². The molecule has 5 heteroatoms. The standard InChI is InChI=1S/C22H32O4Si/c1-7-16(13-23)9-10-18-17(8-2)15(3)19-14-26-22(24)20(19)21(18)25-11-12-27(4,5)6/h9-10,13,16H,7-8,11-12,14H2,1-6H3/b10-9+. The number of fused-ring (bicyclic) bond motifs is 1. The van der Waals surface area contributed by atoms with E-state index in [0.717, 1.165) is 47.4 Å². The predicted octanol–water partition coefficient (Wildman–Crippen LogP) is 5.18. The van der Waals surface area contributed by atoms with Gasteiger partial charge >= 0.3 is 5.97 Å². The van der Waals surface area contributed by atoms with Crippen molar-refractivity contribution in [3.05, 3.63) is 33.9 Å². The summed E-state index contributed by atoms with van der Waals surface area (Å²) < 4.78 is 11.5. The van der Waals surface area contributed by atoms with E-state index in [1.165, 1.54) is 0 Å². The van der Waals surface area contributed by atoms with Crippen LogP contribution in [0.1, 0.15) is 52.9 Å². The highest BCUT2D eigenvalue weighted by Crippen LogP contribution is 2.39. The summed E-state index contributed by atoms with van der Waals surface area (Å²) in [6.45, 7) is 13.9. The van der Waals surface area contributed by atoms with Crippen molar-refractivity contribution in [1.29, 1.82) is 0 Å². The van der Waals surface area contributed by atoms with Gasteiger partial charge in [-0.3, -0.25) is 0 Å². The molecule has 0 aromatic heterocycles. The zero-order valence-electron chi connectivity index (χ0n) is 17.5. The monoisotopic (exact) mass is 388 g/mol. The van der Waals surface area contributed by atoms with Crippen LogP contribution in [0.15, 0.2) is 6.08 Å². The highest BCUT2D eigenvalue weighted by Gasteiger charge is 2.32. The molecule has 0 saturated carbocycles. The fourth-order valence-corrected chi connectivity index (χ4v) is 4.04. The summed E-state index contributed by atoms with van der Waals surface area (Å²) >= 11 is 0. The number of aldehydes is 1. The molecular weight excluding hydrogens is 356 g/mol. The Morgan fingerprint density at radius 1 is 1.26 bits per heavy atom. The van der Waals surface area contributed by atoms with E-state index in [2.05, 4.69) is 26.6 Å². The molecule has 4 nitrogen and oxygen atoms in total. The average Bonchev–Trinajstić information content (AvgIpc) is 2.99. The van der Waals surface area contributed by atoms with Crippen LogP contribution >= 0.6 is 0 Å². The van der Waals surface area contributed by atoms with Crippen molar-refractivity contribution in [2.24, 2.45) is 5.92 Å². The number of carbonyl (C=O) groups is 2. The van der Waals surface area contributed by atoms with Gasteiger partial charge in [0.25, 0.3) is 0 Å². The van der Waals surface area contributed by atoms with Crippen LogP contribution in [-0.2, 0) is 22.6 Å². The fraction of sp³-hybridized carbons (Fsp3) is 0.545. The van der Waals surface area contributed by atoms with Crippen molar-refractivity contribution in [3.8, 4) is 5.75 Å². The van der Waals surface area contributed by atoms with Gasteiger partial charge in [-0.25, -0.2) is 4.79 Å². The summed E-state index contributed by atoms with van der Waals surface area (Å²) in [5, 5.41) is 0. The smallest absolute Gasteiger partial charge is 0.342 e. The summed E-state index contributed by atoms with van der Waals surface area (Å²) in [5.41, 5.74) is 4.68. The van der Waals surface area contributed by atoms with Crippen molar-refractivity contribution in [2.45, 2.75) is 65.9 Å². The van der Waals surface area contributed by atoms with Crippen LogP contribution in [0.5, 0.6) is 5.75 Å². The molecule has 27 heavy (non-hydrogen) atoms. The maximum Gasteiger partial charge on any atom is 0.342 e. The van der Waals surface area contributed by atoms with Gasteiger partial charge in [0.15, 0.2) is 0 Å². The summed E-state index contributed by atoms with van der Waals surface area (Å²) in [5.74, 6) is 0.186. The molecule has 1 aliphatic heterocycles. The molecular formula is C22H32O4Si. The van der Waals surface area contributed by atoms with Gasteiger partial charge in [0.1, 0.15) is 24.2 Å². The third-order valence-electron chi connectivity index (χ3n) is 5.16. The lowest BCUT2D eigenvalue weighted by Crippen LogP contribution is -2.23. The van der Waals surface area contributed by atoms with Crippen molar-refractivity contribution < 1.29 is 19.1 Å². The Hall–Kier alpha value is -1.88. The van der Waals surface area contributed by atoms with Crippen molar-refractivity contribution in [1.82, 2.24) is 0 Å². The molecule has 0 fully saturated rings. The lowest BCUT2D eigenvalue weighted by Gasteiger charge is -2.21. The maximum absolute atomic E-state index is 12.4. The van der Waals surface area contributed by atoms with Gasteiger partial charge in [-0.15, -0.1) is 0 Å². The number of carbonyl (C=O) groups excluding carboxylic acids is 2. The first kappa shape index (κ1) is 21.4. The molecule has 0 radical (unpaired) electrons. The maximum atomic E-state index is 12.4. The Balaban J connectivity index is 2.56. The minimum absolute atomic E-state index is 0.134. The SMILES string of the molecule is CCc1c(C)c2c(c(OCC[Si](C)(C)C)c1/C=C/C(C=O)CC)C(=O)OC2. The summed E-state index contributed by atoms with van der Waals surface area (Å²) in [6, 6.07) is 1.02. The normalized spacial score (nSPS) is 15.0. The number of hydrogen-bond donors (Lipinski definition) is 0. The predicted molar refractivity (Wildman–Crippen MR) is 112 cm³/mol. The minimum atomic E-state index is -1.26. The molecule has 0 amide bonds. The van der Waals surface area contributed by atoms with E-state index in [4.69, 9.17) is 9.47 Å². The Morgan fingerprint density at radius 3 is 2.52 bits per heavy atom. The largest absolute Gasteiger partial charge is 0.492 e. The molecule has 0 N–H and O–H groups in total. The van der Waals surface area contributed by atoms with E-state index in [1.807, 2.05) is 26.0 Å². The molecule has 1 atom stereocenters. The molecule has 1 aliphatic rings. The molecule has 1 unspecified atom stereocenters. The Bertz CT molecular complexity index is 744. The molecule has 0 aliphatic carbocycles. The zero-order chi connectivity index (χ0) is 20.2. The topological polar surface area (TPSA) is 52.6 Å². The van der Waals surface area contributed by atoms with Gasteiger partial charge in [0, 0.05) is 25.1 Å². The number of allylic oxidation sites excluding steroid dienone is 1. The highest BCUT2D eigenvalue weighted by molar-refractivity contribution is 6.76. The minimum Gasteiger partial charge on any atom is -0.492 e. The van der Waals surface area contributed by atoms with Crippen LogP contribution in [0, 0.1) is 12.8 Å². The second-order valence-corrected chi connectivity index (χ2v) is 14.0. The van der Waals surface area contributed by atoms with Crippen molar-refractivity contribution in [3.63, 3.8) is 0 Å². The quantitative estimate of drug-likeness (QED) is 0.332. The third kappa shape index (κ3) is 4.89. The highest BCUT2D eigenvalue weighted by atomic mass is 28.3. The molecule has 148 valence electrons. The zero-order valence-corrected chi connectivity index (χ0v) is 18.5. The number of cyclic esters (lactones) is 1. The van der Waals surface area contributed by atoms with Crippen LogP contribution in [-0.4, -0.2) is 26.9 Å². The first-order valence-electron chi connectivity index (χ1n) is 9.85. The molecule has 0 saturated heterocycles. The summed E-state index contributed by atoms with van der Waals surface area (Å²) in [6.07, 6.45) is 6.42. The van der Waals surface area contributed by atoms with E-state index >= 15 is 0 Å². The van der Waals surface area contributed by atoms with Crippen molar-refractivity contribution >= 4 is 26.4 Å². The third-order valence-corrected chi connectivity index (χ3v) is 6.87. The molecule has 1 aromatic rings. The number of esters is 1. The lowest BCUT2D eigenvalue weighted by atomic mass is 9.90. The van der Waals surface area contributed by atoms with Gasteiger partial charge in [-0.2, -0.15) is 0 Å². The molecule has 1 heterocycles. The average molecular weight is 389 g/mol. The van der Waals surface area contributed by atoms with Crippen LogP contribution in [0.4, 0.5) is 0 Å². The van der Waals surface area contributed by atoms with E-state index < -0.39 is 8.07 Å². The van der Waals surface area contributed by atoms with Crippen LogP contribution < -0.4 is 4.74 Å². The Kier molecular flexibility index (Phi) is 7.04. The van der Waals surface area contributed by atoms with E-state index in [0.29, 0.717) is 24.5 Å². The van der Waals surface area contributed by atoms with Crippen LogP contribution in [0.2, 0.25) is 25.7 Å². The summed E-state index contributed by atoms with van der Waals surface area (Å²) in [7, 11) is -1.26. The lowest BCUT2D eigenvalue weighted by molar-refractivity contribution is -0.109. The molecule has 0 spiro atoms. The first-order chi connectivity index (χ1) is 12.7. The van der Waals surface area contributed by atoms with Gasteiger partial charge in [0.05, 0.1) is 6.61 Å². The number of rotatable bonds is 9. The Labute approximate surface area is 164 Å². The first-order valence-corrected chi connectivity index (χ1v) is 13.6. The van der Waals surface area contributed by atoms with E-state index in [1.54, 1.807) is 0 Å². The van der Waals surface area contributed by atoms with Crippen LogP contribution in [0.3, 0.4) is 0 Å². The van der Waals surface area contributed by atoms with Gasteiger partial charge in [-0.1, -0.05) is 45.6 Å².